The number of rotatable bonds is 7. The van der Waals surface area contributed by atoms with Gasteiger partial charge in [-0.1, -0.05) is 31.2 Å². The predicted molar refractivity (Wildman–Crippen MR) is 120 cm³/mol. The third-order valence-electron chi connectivity index (χ3n) is 4.87. The van der Waals surface area contributed by atoms with Gasteiger partial charge in [-0.15, -0.1) is 0 Å². The molecule has 0 fully saturated rings. The standard InChI is InChI=1S/C21H21ClF7N3O2Si/c1-35(2,3)5-4-33-10-32-9-13(21(27,28)29)17-15(8-16(22)31-19(17)32)34-18-12(20(24,25)26)6-11(30)7-14(18)23/h6-9H,4-5,10,30H2,1-3H3. The third kappa shape index (κ3) is 6.38. The molecule has 2 N–H and O–H groups in total. The molecule has 0 saturated carbocycles. The van der Waals surface area contributed by atoms with Gasteiger partial charge in [-0.05, 0) is 12.1 Å². The lowest BCUT2D eigenvalue weighted by molar-refractivity contribution is -0.139. The summed E-state index contributed by atoms with van der Waals surface area (Å²) in [5.74, 6) is -3.62. The van der Waals surface area contributed by atoms with E-state index >= 15 is 0 Å². The molecule has 2 heterocycles. The van der Waals surface area contributed by atoms with E-state index in [1.807, 2.05) is 0 Å². The fourth-order valence-electron chi connectivity index (χ4n) is 3.20. The van der Waals surface area contributed by atoms with Crippen LogP contribution in [-0.2, 0) is 23.8 Å². The van der Waals surface area contributed by atoms with E-state index in [1.54, 1.807) is 0 Å². The van der Waals surface area contributed by atoms with Gasteiger partial charge in [0.05, 0.1) is 10.9 Å². The molecule has 0 amide bonds. The Kier molecular flexibility index (Phi) is 7.35. The predicted octanol–water partition coefficient (Wildman–Crippen LogP) is 7.55. The first-order valence-electron chi connectivity index (χ1n) is 10.2. The lowest BCUT2D eigenvalue weighted by Gasteiger charge is -2.17. The molecule has 35 heavy (non-hydrogen) atoms. The SMILES string of the molecule is C[Si](C)(C)CCOCn1cc(C(F)(F)F)c2c(Oc3c(F)cc(N)cc3C(F)(F)F)cc(Cl)nc21. The van der Waals surface area contributed by atoms with Crippen molar-refractivity contribution in [2.24, 2.45) is 0 Å². The van der Waals surface area contributed by atoms with Gasteiger partial charge in [0.1, 0.15) is 28.8 Å². The number of hydrogen-bond acceptors (Lipinski definition) is 4. The summed E-state index contributed by atoms with van der Waals surface area (Å²) in [5.41, 5.74) is 1.56. The van der Waals surface area contributed by atoms with Crippen LogP contribution in [0.25, 0.3) is 11.0 Å². The Hall–Kier alpha value is -2.51. The number of aromatic nitrogens is 2. The summed E-state index contributed by atoms with van der Waals surface area (Å²) in [7, 11) is -1.47. The van der Waals surface area contributed by atoms with E-state index in [-0.39, 0.29) is 24.1 Å². The summed E-state index contributed by atoms with van der Waals surface area (Å²) in [4.78, 5) is 3.89. The van der Waals surface area contributed by atoms with Crippen LogP contribution in [0.4, 0.5) is 36.4 Å². The van der Waals surface area contributed by atoms with Gasteiger partial charge in [0.25, 0.3) is 0 Å². The minimum Gasteiger partial charge on any atom is -0.453 e. The zero-order valence-corrected chi connectivity index (χ0v) is 20.5. The first-order valence-corrected chi connectivity index (χ1v) is 14.2. The minimum atomic E-state index is -5.11. The summed E-state index contributed by atoms with van der Waals surface area (Å²) >= 11 is 5.94. The maximum Gasteiger partial charge on any atom is 0.420 e. The minimum absolute atomic E-state index is 0.284. The Labute approximate surface area is 201 Å². The van der Waals surface area contributed by atoms with Gasteiger partial charge in [-0.25, -0.2) is 9.37 Å². The molecule has 3 aromatic rings. The monoisotopic (exact) mass is 543 g/mol. The molecule has 2 aromatic heterocycles. The van der Waals surface area contributed by atoms with Crippen molar-refractivity contribution in [2.45, 2.75) is 44.8 Å². The molecule has 3 rings (SSSR count). The molecule has 5 nitrogen and oxygen atoms in total. The van der Waals surface area contributed by atoms with Crippen molar-refractivity contribution >= 4 is 36.4 Å². The Balaban J connectivity index is 2.14. The van der Waals surface area contributed by atoms with Crippen LogP contribution < -0.4 is 10.5 Å². The number of nitrogens with zero attached hydrogens (tertiary/aromatic N) is 2. The number of nitrogen functional groups attached to an aromatic ring is 1. The second kappa shape index (κ2) is 9.51. The number of benzene rings is 1. The molecular formula is C21H21ClF7N3O2Si. The van der Waals surface area contributed by atoms with E-state index in [4.69, 9.17) is 26.8 Å². The molecule has 14 heteroatoms. The molecule has 0 atom stereocenters. The largest absolute Gasteiger partial charge is 0.453 e. The zero-order chi connectivity index (χ0) is 26.3. The third-order valence-corrected chi connectivity index (χ3v) is 6.77. The summed E-state index contributed by atoms with van der Waals surface area (Å²) in [6, 6.07) is 2.51. The topological polar surface area (TPSA) is 62.3 Å². The number of nitrogens with two attached hydrogens (primary N) is 1. The van der Waals surface area contributed by atoms with Crippen molar-refractivity contribution in [1.82, 2.24) is 9.55 Å². The van der Waals surface area contributed by atoms with Crippen molar-refractivity contribution in [3.05, 3.63) is 46.5 Å². The molecule has 192 valence electrons. The average molecular weight is 544 g/mol. The number of anilines is 1. The molecule has 0 radical (unpaired) electrons. The number of ether oxygens (including phenoxy) is 2. The van der Waals surface area contributed by atoms with E-state index in [0.29, 0.717) is 18.3 Å². The molecule has 0 bridgehead atoms. The van der Waals surface area contributed by atoms with Crippen LogP contribution in [-0.4, -0.2) is 24.2 Å². The summed E-state index contributed by atoms with van der Waals surface area (Å²) in [5, 5.41) is -1.08. The normalized spacial score (nSPS) is 13.0. The lowest BCUT2D eigenvalue weighted by atomic mass is 10.1. The van der Waals surface area contributed by atoms with Crippen LogP contribution in [0.15, 0.2) is 24.4 Å². The fraction of sp³-hybridized carbons (Fsp3) is 0.381. The highest BCUT2D eigenvalue weighted by Gasteiger charge is 2.39. The van der Waals surface area contributed by atoms with Crippen molar-refractivity contribution in [2.75, 3.05) is 12.3 Å². The number of alkyl halides is 6. The highest BCUT2D eigenvalue weighted by Crippen LogP contribution is 2.45. The van der Waals surface area contributed by atoms with Crippen LogP contribution in [0, 0.1) is 5.82 Å². The highest BCUT2D eigenvalue weighted by molar-refractivity contribution is 6.76. The Bertz CT molecular complexity index is 1240. The second-order valence-corrected chi connectivity index (χ2v) is 15.0. The first kappa shape index (κ1) is 27.1. The number of hydrogen-bond donors (Lipinski definition) is 1. The first-order chi connectivity index (χ1) is 16.0. The van der Waals surface area contributed by atoms with Crippen molar-refractivity contribution in [1.29, 1.82) is 0 Å². The van der Waals surface area contributed by atoms with Gasteiger partial charge in [0.2, 0.25) is 0 Å². The van der Waals surface area contributed by atoms with Gasteiger partial charge in [0, 0.05) is 38.7 Å². The molecule has 0 spiro atoms. The van der Waals surface area contributed by atoms with E-state index in [1.165, 1.54) is 0 Å². The van der Waals surface area contributed by atoms with Crippen LogP contribution in [0.5, 0.6) is 11.5 Å². The van der Waals surface area contributed by atoms with Crippen LogP contribution in [0.1, 0.15) is 11.1 Å². The quantitative estimate of drug-likeness (QED) is 0.110. The van der Waals surface area contributed by atoms with Crippen LogP contribution in [0.3, 0.4) is 0 Å². The zero-order valence-electron chi connectivity index (χ0n) is 18.7. The Morgan fingerprint density at radius 3 is 2.23 bits per heavy atom. The van der Waals surface area contributed by atoms with Gasteiger partial charge >= 0.3 is 12.4 Å². The van der Waals surface area contributed by atoms with Gasteiger partial charge in [0.15, 0.2) is 11.6 Å². The van der Waals surface area contributed by atoms with Crippen molar-refractivity contribution < 1.29 is 40.2 Å². The number of halogens is 8. The molecule has 0 aliphatic rings. The highest BCUT2D eigenvalue weighted by atomic mass is 35.5. The van der Waals surface area contributed by atoms with E-state index in [9.17, 15) is 30.7 Å². The summed E-state index contributed by atoms with van der Waals surface area (Å²) < 4.78 is 108. The van der Waals surface area contributed by atoms with Crippen molar-refractivity contribution in [3.63, 3.8) is 0 Å². The second-order valence-electron chi connectivity index (χ2n) is 8.98. The molecular weight excluding hydrogens is 523 g/mol. The van der Waals surface area contributed by atoms with Crippen LogP contribution in [0.2, 0.25) is 30.8 Å². The van der Waals surface area contributed by atoms with Gasteiger partial charge in [-0.3, -0.25) is 0 Å². The Morgan fingerprint density at radius 1 is 1.03 bits per heavy atom. The molecule has 0 unspecified atom stereocenters. The number of fused-ring (bicyclic) bond motifs is 1. The molecule has 0 saturated heterocycles. The van der Waals surface area contributed by atoms with E-state index < -0.39 is 59.9 Å². The molecule has 0 aliphatic heterocycles. The van der Waals surface area contributed by atoms with E-state index in [0.717, 1.165) is 16.7 Å². The van der Waals surface area contributed by atoms with Crippen LogP contribution >= 0.6 is 11.6 Å². The fourth-order valence-corrected chi connectivity index (χ4v) is 4.13. The smallest absolute Gasteiger partial charge is 0.420 e. The van der Waals surface area contributed by atoms with Gasteiger partial charge < -0.3 is 19.8 Å². The van der Waals surface area contributed by atoms with Crippen molar-refractivity contribution in [3.8, 4) is 11.5 Å². The summed E-state index contributed by atoms with van der Waals surface area (Å²) in [6.07, 6.45) is -9.36. The maximum absolute atomic E-state index is 14.5. The Morgan fingerprint density at radius 2 is 1.66 bits per heavy atom. The number of pyridine rings is 1. The lowest BCUT2D eigenvalue weighted by Crippen LogP contribution is -2.22. The van der Waals surface area contributed by atoms with E-state index in [2.05, 4.69) is 24.6 Å². The molecule has 0 aliphatic carbocycles. The maximum atomic E-state index is 14.5. The summed E-state index contributed by atoms with van der Waals surface area (Å²) in [6.45, 7) is 6.25. The van der Waals surface area contributed by atoms with Gasteiger partial charge in [-0.2, -0.15) is 26.3 Å². The molecule has 1 aromatic carbocycles. The average Bonchev–Trinajstić information content (AvgIpc) is 3.04.